The number of anilines is 1. The van der Waals surface area contributed by atoms with Crippen LogP contribution in [0.2, 0.25) is 0 Å². The van der Waals surface area contributed by atoms with E-state index in [0.29, 0.717) is 24.7 Å². The molecule has 3 rings (SSSR count). The zero-order chi connectivity index (χ0) is 16.2. The molecule has 120 valence electrons. The molecule has 1 fully saturated rings. The monoisotopic (exact) mass is 315 g/mol. The number of nitrogens with zero attached hydrogens (tertiary/aromatic N) is 5. The third-order valence-electron chi connectivity index (χ3n) is 3.71. The summed E-state index contributed by atoms with van der Waals surface area (Å²) in [5.41, 5.74) is -0.194. The minimum atomic E-state index is -0.480. The molecule has 8 heteroatoms. The molecule has 0 unspecified atom stereocenters. The van der Waals surface area contributed by atoms with Crippen LogP contribution in [0.15, 0.2) is 36.7 Å². The van der Waals surface area contributed by atoms with Crippen molar-refractivity contribution in [1.29, 1.82) is 0 Å². The lowest BCUT2D eigenvalue weighted by Crippen LogP contribution is -2.45. The summed E-state index contributed by atoms with van der Waals surface area (Å²) in [6.07, 6.45) is 1.30. The number of likely N-dealkylation sites (N-methyl/N-ethyl adjacent to an activating group) is 1. The normalized spacial score (nSPS) is 15.4. The van der Waals surface area contributed by atoms with Crippen molar-refractivity contribution >= 4 is 11.5 Å². The van der Waals surface area contributed by atoms with E-state index in [0.717, 1.165) is 13.1 Å². The summed E-state index contributed by atoms with van der Waals surface area (Å²) < 4.78 is 5.59. The fourth-order valence-corrected chi connectivity index (χ4v) is 2.44. The number of hydrogen-bond acceptors (Lipinski definition) is 7. The molecule has 8 nitrogen and oxygen atoms in total. The molecule has 0 N–H and O–H groups in total. The molecular weight excluding hydrogens is 298 g/mol. The van der Waals surface area contributed by atoms with Crippen LogP contribution in [0.1, 0.15) is 0 Å². The predicted molar refractivity (Wildman–Crippen MR) is 84.9 cm³/mol. The highest BCUT2D eigenvalue weighted by molar-refractivity contribution is 5.63. The van der Waals surface area contributed by atoms with E-state index < -0.39 is 4.92 Å². The van der Waals surface area contributed by atoms with E-state index in [4.69, 9.17) is 4.74 Å². The van der Waals surface area contributed by atoms with Gasteiger partial charge < -0.3 is 14.5 Å². The first-order valence-corrected chi connectivity index (χ1v) is 7.31. The summed E-state index contributed by atoms with van der Waals surface area (Å²) in [5.74, 6) is 0.771. The highest BCUT2D eigenvalue weighted by Gasteiger charge is 2.30. The number of aromatic nitrogens is 2. The van der Waals surface area contributed by atoms with E-state index in [2.05, 4.69) is 14.9 Å². The quantitative estimate of drug-likeness (QED) is 0.629. The standard InChI is InChI=1S/C15H17N5O3/c1-18-7-9-19(10-8-18)14-13(20(21)22)15(17-11-16-14)23-12-5-3-2-4-6-12/h2-6,11H,7-10H2,1H3. The molecule has 0 amide bonds. The number of rotatable bonds is 4. The van der Waals surface area contributed by atoms with E-state index in [1.54, 1.807) is 24.3 Å². The molecule has 0 atom stereocenters. The fraction of sp³-hybridized carbons (Fsp3) is 0.333. The highest BCUT2D eigenvalue weighted by Crippen LogP contribution is 2.36. The first-order chi connectivity index (χ1) is 11.1. The lowest BCUT2D eigenvalue weighted by molar-refractivity contribution is -0.385. The predicted octanol–water partition coefficient (Wildman–Crippen LogP) is 1.93. The molecule has 1 aromatic heterocycles. The molecule has 0 radical (unpaired) electrons. The minimum Gasteiger partial charge on any atom is -0.434 e. The first kappa shape index (κ1) is 15.2. The van der Waals surface area contributed by atoms with E-state index in [-0.39, 0.29) is 11.6 Å². The van der Waals surface area contributed by atoms with Gasteiger partial charge in [-0.15, -0.1) is 0 Å². The largest absolute Gasteiger partial charge is 0.434 e. The Kier molecular flexibility index (Phi) is 4.33. The average Bonchev–Trinajstić information content (AvgIpc) is 2.56. The maximum absolute atomic E-state index is 11.5. The molecule has 1 saturated heterocycles. The SMILES string of the molecule is CN1CCN(c2ncnc(Oc3ccccc3)c2[N+](=O)[O-])CC1. The maximum Gasteiger partial charge on any atom is 0.373 e. The summed E-state index contributed by atoms with van der Waals surface area (Å²) in [4.78, 5) is 23.2. The maximum atomic E-state index is 11.5. The van der Waals surface area contributed by atoms with Gasteiger partial charge in [0, 0.05) is 26.2 Å². The van der Waals surface area contributed by atoms with Gasteiger partial charge in [0.15, 0.2) is 0 Å². The van der Waals surface area contributed by atoms with E-state index in [9.17, 15) is 10.1 Å². The van der Waals surface area contributed by atoms with Gasteiger partial charge in [-0.2, -0.15) is 4.98 Å². The van der Waals surface area contributed by atoms with Crippen molar-refractivity contribution in [3.8, 4) is 11.6 Å². The number of para-hydroxylation sites is 1. The van der Waals surface area contributed by atoms with Gasteiger partial charge in [0.2, 0.25) is 5.82 Å². The Morgan fingerprint density at radius 1 is 1.13 bits per heavy atom. The highest BCUT2D eigenvalue weighted by atomic mass is 16.6. The number of hydrogen-bond donors (Lipinski definition) is 0. The minimum absolute atomic E-state index is 0.0369. The zero-order valence-electron chi connectivity index (χ0n) is 12.8. The van der Waals surface area contributed by atoms with Gasteiger partial charge >= 0.3 is 11.6 Å². The van der Waals surface area contributed by atoms with Gasteiger partial charge in [-0.3, -0.25) is 10.1 Å². The lowest BCUT2D eigenvalue weighted by Gasteiger charge is -2.32. The Labute approximate surface area is 133 Å². The molecule has 23 heavy (non-hydrogen) atoms. The first-order valence-electron chi connectivity index (χ1n) is 7.31. The number of ether oxygens (including phenoxy) is 1. The van der Waals surface area contributed by atoms with Gasteiger partial charge in [0.05, 0.1) is 4.92 Å². The summed E-state index contributed by atoms with van der Waals surface area (Å²) in [5, 5.41) is 11.5. The Hall–Kier alpha value is -2.74. The van der Waals surface area contributed by atoms with Crippen LogP contribution in [0.25, 0.3) is 0 Å². The molecule has 2 aromatic rings. The van der Waals surface area contributed by atoms with Crippen LogP contribution < -0.4 is 9.64 Å². The second kappa shape index (κ2) is 6.57. The van der Waals surface area contributed by atoms with Crippen LogP contribution >= 0.6 is 0 Å². The average molecular weight is 315 g/mol. The van der Waals surface area contributed by atoms with Crippen molar-refractivity contribution in [1.82, 2.24) is 14.9 Å². The molecule has 1 aliphatic heterocycles. The van der Waals surface area contributed by atoms with Crippen LogP contribution in [0.3, 0.4) is 0 Å². The number of piperazine rings is 1. The molecule has 0 bridgehead atoms. The van der Waals surface area contributed by atoms with Gasteiger partial charge in [-0.25, -0.2) is 4.98 Å². The Morgan fingerprint density at radius 2 is 1.83 bits per heavy atom. The van der Waals surface area contributed by atoms with Crippen LogP contribution in [0.5, 0.6) is 11.6 Å². The van der Waals surface area contributed by atoms with E-state index in [1.165, 1.54) is 6.33 Å². The van der Waals surface area contributed by atoms with Gasteiger partial charge in [-0.1, -0.05) is 18.2 Å². The van der Waals surface area contributed by atoms with Crippen molar-refractivity contribution in [2.75, 3.05) is 38.1 Å². The second-order valence-corrected chi connectivity index (χ2v) is 5.31. The van der Waals surface area contributed by atoms with Crippen LogP contribution in [0, 0.1) is 10.1 Å². The Bertz CT molecular complexity index is 687. The number of nitro groups is 1. The molecule has 0 spiro atoms. The third-order valence-corrected chi connectivity index (χ3v) is 3.71. The summed E-state index contributed by atoms with van der Waals surface area (Å²) in [6, 6.07) is 8.88. The molecule has 0 aliphatic carbocycles. The lowest BCUT2D eigenvalue weighted by atomic mass is 10.3. The topological polar surface area (TPSA) is 84.6 Å². The zero-order valence-corrected chi connectivity index (χ0v) is 12.8. The second-order valence-electron chi connectivity index (χ2n) is 5.31. The molecule has 2 heterocycles. The Balaban J connectivity index is 1.94. The van der Waals surface area contributed by atoms with Gasteiger partial charge in [0.1, 0.15) is 12.1 Å². The van der Waals surface area contributed by atoms with Crippen molar-refractivity contribution in [2.45, 2.75) is 0 Å². The molecular formula is C15H17N5O3. The van der Waals surface area contributed by atoms with Crippen LogP contribution in [-0.2, 0) is 0 Å². The molecule has 1 aliphatic rings. The summed E-state index contributed by atoms with van der Waals surface area (Å²) >= 11 is 0. The van der Waals surface area contributed by atoms with E-state index in [1.807, 2.05) is 18.0 Å². The van der Waals surface area contributed by atoms with Gasteiger partial charge in [0.25, 0.3) is 0 Å². The summed E-state index contributed by atoms with van der Waals surface area (Å²) in [7, 11) is 2.02. The Morgan fingerprint density at radius 3 is 2.48 bits per heavy atom. The summed E-state index contributed by atoms with van der Waals surface area (Å²) in [6.45, 7) is 3.02. The van der Waals surface area contributed by atoms with Crippen molar-refractivity contribution < 1.29 is 9.66 Å². The third kappa shape index (κ3) is 3.37. The van der Waals surface area contributed by atoms with Crippen LogP contribution in [-0.4, -0.2) is 53.0 Å². The smallest absolute Gasteiger partial charge is 0.373 e. The fourth-order valence-electron chi connectivity index (χ4n) is 2.44. The number of benzene rings is 1. The molecule has 0 saturated carbocycles. The molecule has 1 aromatic carbocycles. The van der Waals surface area contributed by atoms with Crippen molar-refractivity contribution in [3.63, 3.8) is 0 Å². The van der Waals surface area contributed by atoms with Crippen LogP contribution in [0.4, 0.5) is 11.5 Å². The van der Waals surface area contributed by atoms with Crippen molar-refractivity contribution in [2.24, 2.45) is 0 Å². The van der Waals surface area contributed by atoms with Crippen molar-refractivity contribution in [3.05, 3.63) is 46.8 Å². The van der Waals surface area contributed by atoms with E-state index >= 15 is 0 Å². The van der Waals surface area contributed by atoms with Gasteiger partial charge in [-0.05, 0) is 19.2 Å².